The minimum atomic E-state index is -0.686. The summed E-state index contributed by atoms with van der Waals surface area (Å²) in [5.74, 6) is 1.46. The van der Waals surface area contributed by atoms with Crippen molar-refractivity contribution in [3.8, 4) is 0 Å². The van der Waals surface area contributed by atoms with E-state index in [0.717, 1.165) is 6.54 Å². The van der Waals surface area contributed by atoms with Crippen molar-refractivity contribution in [1.82, 2.24) is 4.90 Å². The number of hydrogen-bond donors (Lipinski definition) is 1. The van der Waals surface area contributed by atoms with Crippen molar-refractivity contribution >= 4 is 17.7 Å². The van der Waals surface area contributed by atoms with Gasteiger partial charge in [-0.25, -0.2) is 0 Å². The second-order valence-corrected chi connectivity index (χ2v) is 4.99. The van der Waals surface area contributed by atoms with Crippen LogP contribution in [0.4, 0.5) is 0 Å². The van der Waals surface area contributed by atoms with E-state index in [1.807, 2.05) is 11.8 Å². The first-order chi connectivity index (χ1) is 6.65. The summed E-state index contributed by atoms with van der Waals surface area (Å²) < 4.78 is 0. The molecule has 4 heteroatoms. The lowest BCUT2D eigenvalue weighted by Crippen LogP contribution is -2.39. The summed E-state index contributed by atoms with van der Waals surface area (Å²) in [7, 11) is 0. The first-order valence-corrected chi connectivity index (χ1v) is 6.35. The number of nitrogens with zero attached hydrogens (tertiary/aromatic N) is 1. The summed E-state index contributed by atoms with van der Waals surface area (Å²) >= 11 is 1.97. The molecule has 3 nitrogen and oxygen atoms in total. The Bertz CT molecular complexity index is 193. The van der Waals surface area contributed by atoms with Crippen LogP contribution in [0.25, 0.3) is 0 Å². The van der Waals surface area contributed by atoms with Crippen molar-refractivity contribution in [3.63, 3.8) is 0 Å². The van der Waals surface area contributed by atoms with Crippen molar-refractivity contribution in [2.45, 2.75) is 26.3 Å². The summed E-state index contributed by atoms with van der Waals surface area (Å²) in [5.41, 5.74) is 0. The summed E-state index contributed by atoms with van der Waals surface area (Å²) in [6.07, 6.45) is 1.21. The topological polar surface area (TPSA) is 40.5 Å². The second-order valence-electron chi connectivity index (χ2n) is 3.84. The van der Waals surface area contributed by atoms with Crippen LogP contribution < -0.4 is 0 Å². The van der Waals surface area contributed by atoms with Gasteiger partial charge >= 0.3 is 5.97 Å². The van der Waals surface area contributed by atoms with Crippen LogP contribution in [0.15, 0.2) is 0 Å². The highest BCUT2D eigenvalue weighted by Gasteiger charge is 2.24. The van der Waals surface area contributed by atoms with Crippen molar-refractivity contribution < 1.29 is 9.90 Å². The average Bonchev–Trinajstić information content (AvgIpc) is 2.66. The zero-order valence-corrected chi connectivity index (χ0v) is 9.72. The molecule has 2 unspecified atom stereocenters. The molecular weight excluding hydrogens is 198 g/mol. The highest BCUT2D eigenvalue weighted by atomic mass is 32.2. The Balaban J connectivity index is 2.41. The smallest absolute Gasteiger partial charge is 0.307 e. The molecule has 0 saturated carbocycles. The van der Waals surface area contributed by atoms with Crippen LogP contribution in [0, 0.1) is 5.92 Å². The zero-order chi connectivity index (χ0) is 10.6. The van der Waals surface area contributed by atoms with E-state index in [9.17, 15) is 4.79 Å². The Kier molecular flexibility index (Phi) is 4.75. The van der Waals surface area contributed by atoms with Gasteiger partial charge in [-0.2, -0.15) is 11.8 Å². The summed E-state index contributed by atoms with van der Waals surface area (Å²) in [4.78, 5) is 13.0. The lowest BCUT2D eigenvalue weighted by Gasteiger charge is -2.28. The van der Waals surface area contributed by atoms with E-state index < -0.39 is 5.97 Å². The molecule has 1 heterocycles. The molecule has 1 N–H and O–H groups in total. The molecule has 1 aliphatic heterocycles. The van der Waals surface area contributed by atoms with Crippen molar-refractivity contribution in [3.05, 3.63) is 0 Å². The number of rotatable bonds is 5. The maximum absolute atomic E-state index is 10.7. The minimum absolute atomic E-state index is 0.249. The molecule has 82 valence electrons. The number of hydrogen-bond acceptors (Lipinski definition) is 3. The summed E-state index contributed by atoms with van der Waals surface area (Å²) in [5, 5.41) is 8.84. The molecular formula is C10H19NO2S. The lowest BCUT2D eigenvalue weighted by atomic mass is 10.1. The van der Waals surface area contributed by atoms with E-state index in [1.54, 1.807) is 6.92 Å². The molecule has 14 heavy (non-hydrogen) atoms. The standard InChI is InChI=1S/C10H19NO2S/c1-3-11(6-8(2)10(12)13)9-4-5-14-7-9/h8-9H,3-7H2,1-2H3,(H,12,13). The predicted molar refractivity (Wildman–Crippen MR) is 59.8 cm³/mol. The molecule has 0 bridgehead atoms. The van der Waals surface area contributed by atoms with Gasteiger partial charge in [-0.3, -0.25) is 9.69 Å². The fourth-order valence-corrected chi connectivity index (χ4v) is 3.03. The maximum atomic E-state index is 10.7. The van der Waals surface area contributed by atoms with Crippen LogP contribution >= 0.6 is 11.8 Å². The molecule has 0 aromatic carbocycles. The Morgan fingerprint density at radius 1 is 1.71 bits per heavy atom. The van der Waals surface area contributed by atoms with E-state index in [2.05, 4.69) is 11.8 Å². The van der Waals surface area contributed by atoms with E-state index in [4.69, 9.17) is 5.11 Å². The quantitative estimate of drug-likeness (QED) is 0.758. The molecule has 0 aromatic rings. The molecule has 0 aliphatic carbocycles. The molecule has 0 aromatic heterocycles. The van der Waals surface area contributed by atoms with Crippen molar-refractivity contribution in [1.29, 1.82) is 0 Å². The van der Waals surface area contributed by atoms with Gasteiger partial charge < -0.3 is 5.11 Å². The number of carboxylic acid groups (broad SMARTS) is 1. The minimum Gasteiger partial charge on any atom is -0.481 e. The van der Waals surface area contributed by atoms with Crippen LogP contribution in [0.2, 0.25) is 0 Å². The van der Waals surface area contributed by atoms with Crippen LogP contribution in [0.5, 0.6) is 0 Å². The third-order valence-electron chi connectivity index (χ3n) is 2.76. The average molecular weight is 217 g/mol. The summed E-state index contributed by atoms with van der Waals surface area (Å²) in [6, 6.07) is 0.604. The Hall–Kier alpha value is -0.220. The highest BCUT2D eigenvalue weighted by molar-refractivity contribution is 7.99. The Morgan fingerprint density at radius 2 is 2.43 bits per heavy atom. The lowest BCUT2D eigenvalue weighted by molar-refractivity contribution is -0.141. The molecule has 1 fully saturated rings. The van der Waals surface area contributed by atoms with E-state index in [-0.39, 0.29) is 5.92 Å². The SMILES string of the molecule is CCN(CC(C)C(=O)O)C1CCSC1. The third-order valence-corrected chi connectivity index (χ3v) is 3.90. The fourth-order valence-electron chi connectivity index (χ4n) is 1.78. The predicted octanol–water partition coefficient (Wildman–Crippen LogP) is 1.53. The fraction of sp³-hybridized carbons (Fsp3) is 0.900. The monoisotopic (exact) mass is 217 g/mol. The number of carboxylic acids is 1. The van der Waals surface area contributed by atoms with Crippen molar-refractivity contribution in [2.24, 2.45) is 5.92 Å². The van der Waals surface area contributed by atoms with Crippen LogP contribution in [-0.4, -0.2) is 46.6 Å². The summed E-state index contributed by atoms with van der Waals surface area (Å²) in [6.45, 7) is 5.55. The molecule has 0 radical (unpaired) electrons. The van der Waals surface area contributed by atoms with Gasteiger partial charge in [0.15, 0.2) is 0 Å². The van der Waals surface area contributed by atoms with Gasteiger partial charge in [0.2, 0.25) is 0 Å². The highest BCUT2D eigenvalue weighted by Crippen LogP contribution is 2.22. The van der Waals surface area contributed by atoms with Crippen LogP contribution in [0.1, 0.15) is 20.3 Å². The Morgan fingerprint density at radius 3 is 2.86 bits per heavy atom. The molecule has 1 rings (SSSR count). The largest absolute Gasteiger partial charge is 0.481 e. The molecule has 0 spiro atoms. The molecule has 1 aliphatic rings. The van der Waals surface area contributed by atoms with Gasteiger partial charge in [-0.05, 0) is 18.7 Å². The van der Waals surface area contributed by atoms with E-state index >= 15 is 0 Å². The number of aliphatic carboxylic acids is 1. The second kappa shape index (κ2) is 5.61. The van der Waals surface area contributed by atoms with Gasteiger partial charge in [-0.15, -0.1) is 0 Å². The first-order valence-electron chi connectivity index (χ1n) is 5.19. The molecule has 0 amide bonds. The maximum Gasteiger partial charge on any atom is 0.307 e. The van der Waals surface area contributed by atoms with Gasteiger partial charge in [0, 0.05) is 18.3 Å². The van der Waals surface area contributed by atoms with Gasteiger partial charge in [-0.1, -0.05) is 13.8 Å². The third kappa shape index (κ3) is 3.17. The van der Waals surface area contributed by atoms with Gasteiger partial charge in [0.1, 0.15) is 0 Å². The first kappa shape index (κ1) is 11.9. The Labute approximate surface area is 89.9 Å². The van der Waals surface area contributed by atoms with E-state index in [1.165, 1.54) is 17.9 Å². The number of thioether (sulfide) groups is 1. The van der Waals surface area contributed by atoms with Gasteiger partial charge in [0.05, 0.1) is 5.92 Å². The molecule has 2 atom stereocenters. The zero-order valence-electron chi connectivity index (χ0n) is 8.90. The van der Waals surface area contributed by atoms with Crippen LogP contribution in [0.3, 0.4) is 0 Å². The van der Waals surface area contributed by atoms with Crippen LogP contribution in [-0.2, 0) is 4.79 Å². The normalized spacial score (nSPS) is 24.1. The van der Waals surface area contributed by atoms with E-state index in [0.29, 0.717) is 12.6 Å². The van der Waals surface area contributed by atoms with Crippen molar-refractivity contribution in [2.75, 3.05) is 24.6 Å². The number of carbonyl (C=O) groups is 1. The van der Waals surface area contributed by atoms with Gasteiger partial charge in [0.25, 0.3) is 0 Å². The molecule has 1 saturated heterocycles.